The van der Waals surface area contributed by atoms with Crippen LogP contribution < -0.4 is 5.32 Å². The van der Waals surface area contributed by atoms with Gasteiger partial charge in [-0.1, -0.05) is 6.92 Å². The number of nitrogens with zero attached hydrogens (tertiary/aromatic N) is 1. The Balaban J connectivity index is 2.11. The fraction of sp³-hybridized carbons (Fsp3) is 1.00. The third-order valence-corrected chi connectivity index (χ3v) is 3.11. The van der Waals surface area contributed by atoms with Crippen LogP contribution in [0.4, 0.5) is 0 Å². The molecule has 1 atom stereocenters. The summed E-state index contributed by atoms with van der Waals surface area (Å²) in [4.78, 5) is 2.46. The molecule has 15 heavy (non-hydrogen) atoms. The molecule has 0 aliphatic carbocycles. The Morgan fingerprint density at radius 3 is 2.93 bits per heavy atom. The minimum atomic E-state index is 0.755. The van der Waals surface area contributed by atoms with Crippen LogP contribution in [-0.2, 0) is 4.74 Å². The van der Waals surface area contributed by atoms with Crippen LogP contribution in [0.25, 0.3) is 0 Å². The van der Waals surface area contributed by atoms with Crippen LogP contribution >= 0.6 is 0 Å². The largest absolute Gasteiger partial charge is 0.380 e. The van der Waals surface area contributed by atoms with Crippen LogP contribution in [-0.4, -0.2) is 50.8 Å². The van der Waals surface area contributed by atoms with Crippen LogP contribution in [0.1, 0.15) is 32.6 Å². The van der Waals surface area contributed by atoms with Crippen molar-refractivity contribution in [2.75, 3.05) is 39.9 Å². The first-order valence-electron chi connectivity index (χ1n) is 6.33. The maximum Gasteiger partial charge on any atom is 0.0593 e. The summed E-state index contributed by atoms with van der Waals surface area (Å²) in [7, 11) is 2.23. The first kappa shape index (κ1) is 12.9. The molecule has 1 rings (SSSR count). The number of nitrogens with one attached hydrogen (secondary N) is 1. The molecule has 0 aromatic carbocycles. The zero-order valence-corrected chi connectivity index (χ0v) is 10.3. The van der Waals surface area contributed by atoms with Crippen molar-refractivity contribution in [3.63, 3.8) is 0 Å². The van der Waals surface area contributed by atoms with E-state index in [4.69, 9.17) is 4.74 Å². The topological polar surface area (TPSA) is 24.5 Å². The van der Waals surface area contributed by atoms with E-state index in [-0.39, 0.29) is 0 Å². The third kappa shape index (κ3) is 5.50. The van der Waals surface area contributed by atoms with E-state index in [0.717, 1.165) is 32.2 Å². The molecule has 1 fully saturated rings. The lowest BCUT2D eigenvalue weighted by Gasteiger charge is -2.26. The van der Waals surface area contributed by atoms with Crippen molar-refractivity contribution >= 4 is 0 Å². The zero-order chi connectivity index (χ0) is 10.9. The van der Waals surface area contributed by atoms with Gasteiger partial charge in [-0.3, -0.25) is 0 Å². The van der Waals surface area contributed by atoms with Gasteiger partial charge in [-0.2, -0.15) is 0 Å². The summed E-state index contributed by atoms with van der Waals surface area (Å²) in [5.74, 6) is 0. The minimum absolute atomic E-state index is 0.755. The van der Waals surface area contributed by atoms with E-state index in [9.17, 15) is 0 Å². The summed E-state index contributed by atoms with van der Waals surface area (Å²) in [6.45, 7) is 7.38. The molecule has 90 valence electrons. The number of likely N-dealkylation sites (N-methyl/N-ethyl adjacent to an activating group) is 1. The number of hydrogen-bond acceptors (Lipinski definition) is 3. The Hall–Kier alpha value is -0.120. The van der Waals surface area contributed by atoms with Gasteiger partial charge in [-0.05, 0) is 45.8 Å². The van der Waals surface area contributed by atoms with Crippen molar-refractivity contribution < 1.29 is 4.74 Å². The standard InChI is InChI=1S/C12H26N2O/c1-3-10-15-11-9-14(2)12-5-4-7-13-8-6-12/h12-13H,3-11H2,1-2H3. The molecule has 1 saturated heterocycles. The molecule has 1 N–H and O–H groups in total. The monoisotopic (exact) mass is 214 g/mol. The molecule has 1 heterocycles. The van der Waals surface area contributed by atoms with E-state index in [1.54, 1.807) is 0 Å². The first-order valence-corrected chi connectivity index (χ1v) is 6.33. The van der Waals surface area contributed by atoms with E-state index >= 15 is 0 Å². The van der Waals surface area contributed by atoms with Crippen molar-refractivity contribution in [2.24, 2.45) is 0 Å². The SMILES string of the molecule is CCCOCCN(C)C1CCCNCC1. The summed E-state index contributed by atoms with van der Waals surface area (Å²) >= 11 is 0. The maximum atomic E-state index is 5.52. The second-order valence-electron chi connectivity index (χ2n) is 4.43. The number of hydrogen-bond donors (Lipinski definition) is 1. The van der Waals surface area contributed by atoms with Gasteiger partial charge in [0.1, 0.15) is 0 Å². The summed E-state index contributed by atoms with van der Waals surface area (Å²) in [6.07, 6.45) is 5.05. The molecular weight excluding hydrogens is 188 g/mol. The van der Waals surface area contributed by atoms with Crippen LogP contribution in [0, 0.1) is 0 Å². The fourth-order valence-corrected chi connectivity index (χ4v) is 2.08. The Morgan fingerprint density at radius 1 is 1.27 bits per heavy atom. The predicted molar refractivity (Wildman–Crippen MR) is 64.2 cm³/mol. The van der Waals surface area contributed by atoms with E-state index < -0.39 is 0 Å². The molecule has 0 amide bonds. The minimum Gasteiger partial charge on any atom is -0.380 e. The fourth-order valence-electron chi connectivity index (χ4n) is 2.08. The molecule has 3 heteroatoms. The van der Waals surface area contributed by atoms with E-state index in [1.807, 2.05) is 0 Å². The van der Waals surface area contributed by atoms with Gasteiger partial charge in [0.25, 0.3) is 0 Å². The first-order chi connectivity index (χ1) is 7.34. The maximum absolute atomic E-state index is 5.52. The molecule has 1 unspecified atom stereocenters. The van der Waals surface area contributed by atoms with Gasteiger partial charge in [0.05, 0.1) is 6.61 Å². The van der Waals surface area contributed by atoms with Crippen LogP contribution in [0.2, 0.25) is 0 Å². The summed E-state index contributed by atoms with van der Waals surface area (Å²) in [6, 6.07) is 0.755. The van der Waals surface area contributed by atoms with Crippen molar-refractivity contribution in [2.45, 2.75) is 38.6 Å². The normalized spacial score (nSPS) is 23.0. The highest BCUT2D eigenvalue weighted by Gasteiger charge is 2.15. The molecule has 0 aromatic heterocycles. The van der Waals surface area contributed by atoms with E-state index in [2.05, 4.69) is 24.2 Å². The highest BCUT2D eigenvalue weighted by molar-refractivity contribution is 4.73. The third-order valence-electron chi connectivity index (χ3n) is 3.11. The van der Waals surface area contributed by atoms with Gasteiger partial charge >= 0.3 is 0 Å². The van der Waals surface area contributed by atoms with Crippen molar-refractivity contribution in [1.82, 2.24) is 10.2 Å². The molecular formula is C12H26N2O. The lowest BCUT2D eigenvalue weighted by atomic mass is 10.1. The molecule has 0 saturated carbocycles. The Labute approximate surface area is 94.2 Å². The van der Waals surface area contributed by atoms with Crippen LogP contribution in [0.3, 0.4) is 0 Å². The molecule has 0 bridgehead atoms. The average Bonchev–Trinajstić information content (AvgIpc) is 2.52. The Kier molecular flexibility index (Phi) is 6.98. The van der Waals surface area contributed by atoms with Crippen LogP contribution in [0.5, 0.6) is 0 Å². The summed E-state index contributed by atoms with van der Waals surface area (Å²) in [5, 5.41) is 3.45. The lowest BCUT2D eigenvalue weighted by molar-refractivity contribution is 0.0960. The Morgan fingerprint density at radius 2 is 2.13 bits per heavy atom. The second kappa shape index (κ2) is 8.08. The molecule has 0 aromatic rings. The van der Waals surface area contributed by atoms with Gasteiger partial charge in [0.15, 0.2) is 0 Å². The van der Waals surface area contributed by atoms with Crippen molar-refractivity contribution in [3.05, 3.63) is 0 Å². The zero-order valence-electron chi connectivity index (χ0n) is 10.3. The van der Waals surface area contributed by atoms with Gasteiger partial charge in [-0.25, -0.2) is 0 Å². The lowest BCUT2D eigenvalue weighted by Crippen LogP contribution is -2.35. The van der Waals surface area contributed by atoms with Crippen molar-refractivity contribution in [1.29, 1.82) is 0 Å². The molecule has 1 aliphatic rings. The molecule has 1 aliphatic heterocycles. The average molecular weight is 214 g/mol. The van der Waals surface area contributed by atoms with Crippen molar-refractivity contribution in [3.8, 4) is 0 Å². The quantitative estimate of drug-likeness (QED) is 0.678. The highest BCUT2D eigenvalue weighted by atomic mass is 16.5. The van der Waals surface area contributed by atoms with E-state index in [1.165, 1.54) is 32.4 Å². The van der Waals surface area contributed by atoms with Crippen LogP contribution in [0.15, 0.2) is 0 Å². The van der Waals surface area contributed by atoms with Gasteiger partial charge in [0.2, 0.25) is 0 Å². The molecule has 3 nitrogen and oxygen atoms in total. The summed E-state index contributed by atoms with van der Waals surface area (Å²) in [5.41, 5.74) is 0. The Bertz CT molecular complexity index is 145. The number of rotatable bonds is 6. The number of ether oxygens (including phenoxy) is 1. The highest BCUT2D eigenvalue weighted by Crippen LogP contribution is 2.11. The predicted octanol–water partition coefficient (Wildman–Crippen LogP) is 1.49. The van der Waals surface area contributed by atoms with Gasteiger partial charge in [0, 0.05) is 19.2 Å². The van der Waals surface area contributed by atoms with Gasteiger partial charge < -0.3 is 15.0 Å². The molecule has 0 radical (unpaired) electrons. The smallest absolute Gasteiger partial charge is 0.0593 e. The summed E-state index contributed by atoms with van der Waals surface area (Å²) < 4.78 is 5.52. The van der Waals surface area contributed by atoms with E-state index in [0.29, 0.717) is 0 Å². The second-order valence-corrected chi connectivity index (χ2v) is 4.43. The molecule has 0 spiro atoms. The van der Waals surface area contributed by atoms with Gasteiger partial charge in [-0.15, -0.1) is 0 Å².